The minimum Gasteiger partial charge on any atom is -0.461 e. The second-order valence-electron chi connectivity index (χ2n) is 4.69. The summed E-state index contributed by atoms with van der Waals surface area (Å²) >= 11 is 0. The van der Waals surface area contributed by atoms with Crippen molar-refractivity contribution in [2.45, 2.75) is 26.2 Å². The first-order chi connectivity index (χ1) is 9.29. The van der Waals surface area contributed by atoms with Crippen LogP contribution in [0.25, 0.3) is 0 Å². The molecule has 6 nitrogen and oxygen atoms in total. The normalized spacial score (nSPS) is 19.1. The smallest absolute Gasteiger partial charge is 0.360 e. The van der Waals surface area contributed by atoms with Crippen molar-refractivity contribution in [3.8, 4) is 0 Å². The van der Waals surface area contributed by atoms with Gasteiger partial charge in [0, 0.05) is 6.54 Å². The fourth-order valence-corrected chi connectivity index (χ4v) is 2.21. The van der Waals surface area contributed by atoms with E-state index in [0.717, 1.165) is 26.1 Å². The predicted octanol–water partition coefficient (Wildman–Crippen LogP) is 1.65. The molecule has 0 aliphatic carbocycles. The van der Waals surface area contributed by atoms with E-state index in [0.29, 0.717) is 18.5 Å². The van der Waals surface area contributed by atoms with E-state index in [9.17, 15) is 4.79 Å². The van der Waals surface area contributed by atoms with E-state index in [4.69, 9.17) is 9.15 Å². The lowest BCUT2D eigenvalue weighted by molar-refractivity contribution is 0.0519. The Morgan fingerprint density at radius 1 is 1.68 bits per heavy atom. The molecular formula is C13H21N3O3. The second kappa shape index (κ2) is 7.13. The Morgan fingerprint density at radius 3 is 3.32 bits per heavy atom. The molecule has 19 heavy (non-hydrogen) atoms. The van der Waals surface area contributed by atoms with Crippen molar-refractivity contribution in [1.29, 1.82) is 0 Å². The molecule has 1 aromatic rings. The molecular weight excluding hydrogens is 246 g/mol. The van der Waals surface area contributed by atoms with Crippen LogP contribution in [0.15, 0.2) is 10.7 Å². The molecule has 1 unspecified atom stereocenters. The third kappa shape index (κ3) is 4.24. The average Bonchev–Trinajstić information content (AvgIpc) is 2.89. The van der Waals surface area contributed by atoms with Crippen LogP contribution in [0.3, 0.4) is 0 Å². The zero-order valence-corrected chi connectivity index (χ0v) is 11.3. The third-order valence-electron chi connectivity index (χ3n) is 3.22. The van der Waals surface area contributed by atoms with Crippen LogP contribution in [0.4, 0.5) is 6.01 Å². The Morgan fingerprint density at radius 2 is 2.58 bits per heavy atom. The van der Waals surface area contributed by atoms with Crippen LogP contribution in [0.1, 0.15) is 36.7 Å². The average molecular weight is 267 g/mol. The lowest BCUT2D eigenvalue weighted by Gasteiger charge is -2.22. The number of nitrogens with zero attached hydrogens (tertiary/aromatic N) is 1. The van der Waals surface area contributed by atoms with Gasteiger partial charge in [-0.1, -0.05) is 0 Å². The van der Waals surface area contributed by atoms with Crippen molar-refractivity contribution < 1.29 is 13.9 Å². The number of nitrogens with one attached hydrogen (secondary N) is 2. The zero-order valence-electron chi connectivity index (χ0n) is 11.3. The molecule has 0 saturated carbocycles. The quantitative estimate of drug-likeness (QED) is 0.763. The molecule has 0 aromatic carbocycles. The Kier molecular flexibility index (Phi) is 5.20. The van der Waals surface area contributed by atoms with Gasteiger partial charge in [0.2, 0.25) is 0 Å². The molecule has 2 N–H and O–H groups in total. The van der Waals surface area contributed by atoms with E-state index >= 15 is 0 Å². The van der Waals surface area contributed by atoms with Gasteiger partial charge in [-0.15, -0.1) is 0 Å². The zero-order chi connectivity index (χ0) is 13.5. The predicted molar refractivity (Wildman–Crippen MR) is 71.2 cm³/mol. The second-order valence-corrected chi connectivity index (χ2v) is 4.69. The van der Waals surface area contributed by atoms with Crippen molar-refractivity contribution in [1.82, 2.24) is 10.3 Å². The van der Waals surface area contributed by atoms with Crippen LogP contribution in [0, 0.1) is 5.92 Å². The lowest BCUT2D eigenvalue weighted by Crippen LogP contribution is -2.30. The van der Waals surface area contributed by atoms with Crippen molar-refractivity contribution in [3.63, 3.8) is 0 Å². The van der Waals surface area contributed by atoms with Crippen LogP contribution >= 0.6 is 0 Å². The summed E-state index contributed by atoms with van der Waals surface area (Å²) in [5.74, 6) is 0.261. The number of ether oxygens (including phenoxy) is 1. The van der Waals surface area contributed by atoms with Crippen LogP contribution < -0.4 is 10.6 Å². The standard InChI is InChI=1S/C13H21N3O3/c1-2-18-12(17)11-9-19-13(16-11)15-7-5-10-4-3-6-14-8-10/h9-10,14H,2-8H2,1H3,(H,15,16). The number of hydrogen-bond acceptors (Lipinski definition) is 6. The maximum atomic E-state index is 11.4. The molecule has 1 fully saturated rings. The summed E-state index contributed by atoms with van der Waals surface area (Å²) in [5, 5.41) is 6.48. The van der Waals surface area contributed by atoms with Gasteiger partial charge in [0.15, 0.2) is 5.69 Å². The minimum atomic E-state index is -0.448. The summed E-state index contributed by atoms with van der Waals surface area (Å²) in [5.41, 5.74) is 0.212. The van der Waals surface area contributed by atoms with E-state index in [1.807, 2.05) is 0 Å². The highest BCUT2D eigenvalue weighted by Crippen LogP contribution is 2.15. The van der Waals surface area contributed by atoms with Crippen LogP contribution in [0.5, 0.6) is 0 Å². The van der Waals surface area contributed by atoms with Crippen LogP contribution in [-0.4, -0.2) is 37.2 Å². The SMILES string of the molecule is CCOC(=O)c1coc(NCCC2CCCNC2)n1. The van der Waals surface area contributed by atoms with Gasteiger partial charge in [0.1, 0.15) is 6.26 Å². The number of oxazole rings is 1. The fraction of sp³-hybridized carbons (Fsp3) is 0.692. The number of carbonyl (C=O) groups excluding carboxylic acids is 1. The van der Waals surface area contributed by atoms with Crippen molar-refractivity contribution >= 4 is 12.0 Å². The molecule has 0 bridgehead atoms. The molecule has 2 heterocycles. The van der Waals surface area contributed by atoms with Crippen LogP contribution in [-0.2, 0) is 4.74 Å². The Labute approximate surface area is 112 Å². The van der Waals surface area contributed by atoms with Crippen molar-refractivity contribution in [3.05, 3.63) is 12.0 Å². The number of hydrogen-bond donors (Lipinski definition) is 2. The number of anilines is 1. The van der Waals surface area contributed by atoms with Gasteiger partial charge in [-0.3, -0.25) is 0 Å². The molecule has 1 aliphatic rings. The fourth-order valence-electron chi connectivity index (χ4n) is 2.21. The van der Waals surface area contributed by atoms with Gasteiger partial charge in [-0.25, -0.2) is 4.79 Å². The summed E-state index contributed by atoms with van der Waals surface area (Å²) in [7, 11) is 0. The maximum absolute atomic E-state index is 11.4. The van der Waals surface area contributed by atoms with Gasteiger partial charge in [-0.2, -0.15) is 4.98 Å². The van der Waals surface area contributed by atoms with E-state index in [1.54, 1.807) is 6.92 Å². The highest BCUT2D eigenvalue weighted by molar-refractivity contribution is 5.87. The van der Waals surface area contributed by atoms with Gasteiger partial charge < -0.3 is 19.8 Å². The van der Waals surface area contributed by atoms with Gasteiger partial charge in [0.25, 0.3) is 6.01 Å². The molecule has 6 heteroatoms. The summed E-state index contributed by atoms with van der Waals surface area (Å²) in [4.78, 5) is 15.4. The summed E-state index contributed by atoms with van der Waals surface area (Å²) < 4.78 is 10.0. The summed E-state index contributed by atoms with van der Waals surface area (Å²) in [6, 6.07) is 0.381. The molecule has 1 aromatic heterocycles. The molecule has 1 aliphatic heterocycles. The highest BCUT2D eigenvalue weighted by Gasteiger charge is 2.14. The molecule has 1 saturated heterocycles. The largest absolute Gasteiger partial charge is 0.461 e. The first kappa shape index (κ1) is 13.9. The van der Waals surface area contributed by atoms with E-state index < -0.39 is 5.97 Å². The molecule has 0 amide bonds. The van der Waals surface area contributed by atoms with E-state index in [1.165, 1.54) is 19.1 Å². The Bertz CT molecular complexity index is 400. The summed E-state index contributed by atoms with van der Waals surface area (Å²) in [6.07, 6.45) is 4.91. The van der Waals surface area contributed by atoms with Gasteiger partial charge in [-0.05, 0) is 45.2 Å². The number of carbonyl (C=O) groups is 1. The third-order valence-corrected chi connectivity index (χ3v) is 3.22. The molecule has 106 valence electrons. The molecule has 1 atom stereocenters. The number of esters is 1. The molecule has 0 radical (unpaired) electrons. The van der Waals surface area contributed by atoms with Gasteiger partial charge in [0.05, 0.1) is 6.61 Å². The lowest BCUT2D eigenvalue weighted by atomic mass is 9.96. The first-order valence-electron chi connectivity index (χ1n) is 6.87. The number of aromatic nitrogens is 1. The topological polar surface area (TPSA) is 76.4 Å². The number of rotatable bonds is 6. The highest BCUT2D eigenvalue weighted by atomic mass is 16.5. The van der Waals surface area contributed by atoms with E-state index in [-0.39, 0.29) is 5.69 Å². The molecule has 0 spiro atoms. The first-order valence-corrected chi connectivity index (χ1v) is 6.87. The molecule has 2 rings (SSSR count). The Hall–Kier alpha value is -1.56. The van der Waals surface area contributed by atoms with Crippen molar-refractivity contribution in [2.24, 2.45) is 5.92 Å². The Balaban J connectivity index is 1.72. The monoisotopic (exact) mass is 267 g/mol. The van der Waals surface area contributed by atoms with E-state index in [2.05, 4.69) is 15.6 Å². The summed E-state index contributed by atoms with van der Waals surface area (Å²) in [6.45, 7) is 5.11. The van der Waals surface area contributed by atoms with Crippen molar-refractivity contribution in [2.75, 3.05) is 31.6 Å². The maximum Gasteiger partial charge on any atom is 0.360 e. The van der Waals surface area contributed by atoms with Gasteiger partial charge >= 0.3 is 5.97 Å². The number of piperidine rings is 1. The van der Waals surface area contributed by atoms with Crippen LogP contribution in [0.2, 0.25) is 0 Å². The minimum absolute atomic E-state index is 0.212.